The molecule has 4 heteroatoms. The normalized spacial score (nSPS) is 13.1. The molecule has 0 aromatic carbocycles. The second-order valence-corrected chi connectivity index (χ2v) is 9.06. The quantitative estimate of drug-likeness (QED) is 0.440. The van der Waals surface area contributed by atoms with Gasteiger partial charge in [0, 0.05) is 11.5 Å². The molecule has 0 aliphatic carbocycles. The van der Waals surface area contributed by atoms with Crippen molar-refractivity contribution in [2.45, 2.75) is 32.5 Å². The molecule has 0 aromatic heterocycles. The SMILES string of the molecule is CC(=C[Si](C)(C)CCCCl)C(=O)O. The van der Waals surface area contributed by atoms with Gasteiger partial charge in [-0.05, 0) is 13.3 Å². The lowest BCUT2D eigenvalue weighted by Gasteiger charge is -2.17. The highest BCUT2D eigenvalue weighted by molar-refractivity contribution is 6.82. The zero-order valence-corrected chi connectivity index (χ0v) is 10.2. The molecule has 0 amide bonds. The molecule has 0 aliphatic heterocycles. The van der Waals surface area contributed by atoms with Gasteiger partial charge in [0.05, 0.1) is 8.07 Å². The largest absolute Gasteiger partial charge is 0.478 e. The van der Waals surface area contributed by atoms with Gasteiger partial charge in [0.1, 0.15) is 0 Å². The molecular formula is C9H17ClO2Si. The Hall–Kier alpha value is -0.283. The third kappa shape index (κ3) is 5.88. The number of rotatable bonds is 5. The Balaban J connectivity index is 4.29. The van der Waals surface area contributed by atoms with Gasteiger partial charge in [-0.1, -0.05) is 24.8 Å². The van der Waals surface area contributed by atoms with Gasteiger partial charge in [0.25, 0.3) is 0 Å². The van der Waals surface area contributed by atoms with Crippen LogP contribution in [0.15, 0.2) is 11.3 Å². The summed E-state index contributed by atoms with van der Waals surface area (Å²) in [6.45, 7) is 5.97. The van der Waals surface area contributed by atoms with Gasteiger partial charge in [0.2, 0.25) is 0 Å². The predicted molar refractivity (Wildman–Crippen MR) is 59.0 cm³/mol. The molecule has 76 valence electrons. The maximum Gasteiger partial charge on any atom is 0.330 e. The molecule has 0 bridgehead atoms. The van der Waals surface area contributed by atoms with Crippen molar-refractivity contribution in [1.82, 2.24) is 0 Å². The molecular weight excluding hydrogens is 204 g/mol. The van der Waals surface area contributed by atoms with Crippen LogP contribution in [-0.2, 0) is 4.79 Å². The van der Waals surface area contributed by atoms with E-state index < -0.39 is 14.0 Å². The summed E-state index contributed by atoms with van der Waals surface area (Å²) in [5, 5.41) is 8.70. The van der Waals surface area contributed by atoms with E-state index in [9.17, 15) is 4.79 Å². The number of aliphatic carboxylic acids is 1. The number of carboxylic acid groups (broad SMARTS) is 1. The summed E-state index contributed by atoms with van der Waals surface area (Å²) < 4.78 is 0. The van der Waals surface area contributed by atoms with Crippen LogP contribution < -0.4 is 0 Å². The zero-order chi connectivity index (χ0) is 10.5. The fourth-order valence-corrected chi connectivity index (χ4v) is 4.13. The third-order valence-corrected chi connectivity index (χ3v) is 5.02. The molecule has 1 N–H and O–H groups in total. The van der Waals surface area contributed by atoms with Crippen molar-refractivity contribution in [2.75, 3.05) is 5.88 Å². The Bertz CT molecular complexity index is 212. The van der Waals surface area contributed by atoms with E-state index in [4.69, 9.17) is 16.7 Å². The van der Waals surface area contributed by atoms with Crippen molar-refractivity contribution in [3.05, 3.63) is 11.3 Å². The second-order valence-electron chi connectivity index (χ2n) is 3.91. The van der Waals surface area contributed by atoms with Crippen molar-refractivity contribution in [1.29, 1.82) is 0 Å². The van der Waals surface area contributed by atoms with Crippen LogP contribution in [0.25, 0.3) is 0 Å². The van der Waals surface area contributed by atoms with Gasteiger partial charge in [-0.25, -0.2) is 4.79 Å². The number of hydrogen-bond acceptors (Lipinski definition) is 1. The molecule has 0 radical (unpaired) electrons. The summed E-state index contributed by atoms with van der Waals surface area (Å²) in [7, 11) is -1.48. The van der Waals surface area contributed by atoms with E-state index in [1.807, 2.05) is 5.70 Å². The predicted octanol–water partition coefficient (Wildman–Crippen LogP) is 2.89. The smallest absolute Gasteiger partial charge is 0.330 e. The monoisotopic (exact) mass is 220 g/mol. The van der Waals surface area contributed by atoms with Gasteiger partial charge >= 0.3 is 5.97 Å². The molecule has 13 heavy (non-hydrogen) atoms. The minimum atomic E-state index is -1.48. The molecule has 2 nitrogen and oxygen atoms in total. The van der Waals surface area contributed by atoms with Crippen LogP contribution in [0, 0.1) is 0 Å². The molecule has 0 unspecified atom stereocenters. The highest BCUT2D eigenvalue weighted by Gasteiger charge is 2.18. The fourth-order valence-electron chi connectivity index (χ4n) is 1.24. The molecule has 0 aliphatic rings. The number of hydrogen-bond donors (Lipinski definition) is 1. The minimum Gasteiger partial charge on any atom is -0.478 e. The van der Waals surface area contributed by atoms with E-state index in [-0.39, 0.29) is 0 Å². The lowest BCUT2D eigenvalue weighted by Crippen LogP contribution is -2.24. The van der Waals surface area contributed by atoms with Crippen molar-refractivity contribution in [3.63, 3.8) is 0 Å². The summed E-state index contributed by atoms with van der Waals surface area (Å²) in [5.41, 5.74) is 2.40. The molecule has 0 saturated heterocycles. The Morgan fingerprint density at radius 1 is 1.54 bits per heavy atom. The second kappa shape index (κ2) is 5.45. The molecule has 0 spiro atoms. The van der Waals surface area contributed by atoms with Crippen LogP contribution >= 0.6 is 11.6 Å². The first kappa shape index (κ1) is 12.7. The number of alkyl halides is 1. The van der Waals surface area contributed by atoms with Gasteiger partial charge in [-0.3, -0.25) is 0 Å². The summed E-state index contributed by atoms with van der Waals surface area (Å²) in [5.74, 6) is -0.150. The number of carbonyl (C=O) groups is 1. The van der Waals surface area contributed by atoms with Crippen LogP contribution in [0.3, 0.4) is 0 Å². The molecule has 0 saturated carbocycles. The highest BCUT2D eigenvalue weighted by atomic mass is 35.5. The molecule has 0 aromatic rings. The Kier molecular flexibility index (Phi) is 5.33. The summed E-state index contributed by atoms with van der Waals surface area (Å²) in [6, 6.07) is 1.06. The van der Waals surface area contributed by atoms with E-state index in [1.165, 1.54) is 0 Å². The first-order chi connectivity index (χ1) is 5.89. The topological polar surface area (TPSA) is 37.3 Å². The number of halogens is 1. The molecule has 0 fully saturated rings. The van der Waals surface area contributed by atoms with E-state index in [1.54, 1.807) is 6.92 Å². The molecule has 0 atom stereocenters. The van der Waals surface area contributed by atoms with Crippen LogP contribution in [0.2, 0.25) is 19.1 Å². The van der Waals surface area contributed by atoms with Gasteiger partial charge in [0.15, 0.2) is 0 Å². The third-order valence-electron chi connectivity index (χ3n) is 1.90. The number of carboxylic acids is 1. The lowest BCUT2D eigenvalue weighted by molar-refractivity contribution is -0.132. The Labute approximate surface area is 85.6 Å². The van der Waals surface area contributed by atoms with E-state index in [0.29, 0.717) is 11.5 Å². The summed E-state index contributed by atoms with van der Waals surface area (Å²) in [6.07, 6.45) is 0.976. The average Bonchev–Trinajstić information content (AvgIpc) is 2.00. The standard InChI is InChI=1S/C9H17ClO2Si/c1-8(9(11)12)7-13(2,3)6-4-5-10/h7H,4-6H2,1-3H3,(H,11,12). The lowest BCUT2D eigenvalue weighted by atomic mass is 10.4. The van der Waals surface area contributed by atoms with E-state index >= 15 is 0 Å². The zero-order valence-electron chi connectivity index (χ0n) is 8.43. The van der Waals surface area contributed by atoms with Crippen molar-refractivity contribution >= 4 is 25.6 Å². The van der Waals surface area contributed by atoms with Gasteiger partial charge in [-0.2, -0.15) is 0 Å². The van der Waals surface area contributed by atoms with Gasteiger partial charge < -0.3 is 5.11 Å². The first-order valence-corrected chi connectivity index (χ1v) is 8.19. The van der Waals surface area contributed by atoms with E-state index in [2.05, 4.69) is 13.1 Å². The summed E-state index contributed by atoms with van der Waals surface area (Å²) >= 11 is 5.59. The van der Waals surface area contributed by atoms with Crippen LogP contribution in [0.4, 0.5) is 0 Å². The summed E-state index contributed by atoms with van der Waals surface area (Å²) in [4.78, 5) is 10.6. The minimum absolute atomic E-state index is 0.464. The maximum atomic E-state index is 10.6. The van der Waals surface area contributed by atoms with E-state index in [0.717, 1.165) is 12.5 Å². The average molecular weight is 221 g/mol. The molecule has 0 heterocycles. The first-order valence-electron chi connectivity index (χ1n) is 4.38. The fraction of sp³-hybridized carbons (Fsp3) is 0.667. The molecule has 0 rings (SSSR count). The maximum absolute atomic E-state index is 10.6. The highest BCUT2D eigenvalue weighted by Crippen LogP contribution is 2.16. The van der Waals surface area contributed by atoms with Crippen molar-refractivity contribution < 1.29 is 9.90 Å². The van der Waals surface area contributed by atoms with Crippen molar-refractivity contribution in [3.8, 4) is 0 Å². The Morgan fingerprint density at radius 2 is 2.08 bits per heavy atom. The van der Waals surface area contributed by atoms with Crippen LogP contribution in [0.5, 0.6) is 0 Å². The van der Waals surface area contributed by atoms with Crippen LogP contribution in [-0.4, -0.2) is 25.0 Å². The van der Waals surface area contributed by atoms with Crippen molar-refractivity contribution in [2.24, 2.45) is 0 Å². The van der Waals surface area contributed by atoms with Gasteiger partial charge in [-0.15, -0.1) is 11.6 Å². The Morgan fingerprint density at radius 3 is 2.46 bits per heavy atom. The van der Waals surface area contributed by atoms with Crippen LogP contribution in [0.1, 0.15) is 13.3 Å².